The number of hydrogen-bond acceptors (Lipinski definition) is 3. The summed E-state index contributed by atoms with van der Waals surface area (Å²) in [7, 11) is 0. The van der Waals surface area contributed by atoms with Crippen LogP contribution in [0.2, 0.25) is 0 Å². The standard InChI is InChI=1S/C23H22N2O2/c1-17-12-18(2)14-22(13-17)27-16-23(26)25-24-15-19-8-10-21(11-9-19)20-6-4-3-5-7-20/h3-15H,16H2,1-2H3,(H,25,26)/b24-15+. The van der Waals surface area contributed by atoms with E-state index in [1.165, 1.54) is 0 Å². The zero-order valence-corrected chi connectivity index (χ0v) is 15.5. The van der Waals surface area contributed by atoms with Crippen molar-refractivity contribution in [2.75, 3.05) is 6.61 Å². The summed E-state index contributed by atoms with van der Waals surface area (Å²) < 4.78 is 5.51. The largest absolute Gasteiger partial charge is 0.484 e. The molecule has 1 amide bonds. The fraction of sp³-hybridized carbons (Fsp3) is 0.130. The Hall–Kier alpha value is -3.40. The molecule has 0 saturated carbocycles. The van der Waals surface area contributed by atoms with Crippen LogP contribution in [0.3, 0.4) is 0 Å². The van der Waals surface area contributed by atoms with E-state index < -0.39 is 0 Å². The average Bonchev–Trinajstić information content (AvgIpc) is 2.67. The average molecular weight is 358 g/mol. The number of aryl methyl sites for hydroxylation is 2. The molecule has 4 nitrogen and oxygen atoms in total. The van der Waals surface area contributed by atoms with Crippen LogP contribution < -0.4 is 10.2 Å². The number of benzene rings is 3. The minimum Gasteiger partial charge on any atom is -0.484 e. The van der Waals surface area contributed by atoms with Crippen LogP contribution in [0.5, 0.6) is 5.75 Å². The number of hydrazone groups is 1. The molecule has 0 aliphatic carbocycles. The van der Waals surface area contributed by atoms with Gasteiger partial charge in [0.25, 0.3) is 5.91 Å². The van der Waals surface area contributed by atoms with Crippen molar-refractivity contribution in [2.24, 2.45) is 5.10 Å². The number of nitrogens with zero attached hydrogens (tertiary/aromatic N) is 1. The van der Waals surface area contributed by atoms with E-state index >= 15 is 0 Å². The minimum absolute atomic E-state index is 0.0762. The molecule has 0 spiro atoms. The molecule has 0 radical (unpaired) electrons. The Bertz CT molecular complexity index is 912. The number of rotatable bonds is 6. The topological polar surface area (TPSA) is 50.7 Å². The molecule has 4 heteroatoms. The van der Waals surface area contributed by atoms with Gasteiger partial charge in [-0.1, -0.05) is 60.7 Å². The predicted octanol–water partition coefficient (Wildman–Crippen LogP) is 4.50. The van der Waals surface area contributed by atoms with Crippen LogP contribution in [0.15, 0.2) is 77.9 Å². The van der Waals surface area contributed by atoms with Gasteiger partial charge in [0.1, 0.15) is 5.75 Å². The normalized spacial score (nSPS) is 10.7. The van der Waals surface area contributed by atoms with Gasteiger partial charge in [-0.25, -0.2) is 5.43 Å². The molecule has 0 saturated heterocycles. The first-order valence-corrected chi connectivity index (χ1v) is 8.79. The third kappa shape index (κ3) is 5.54. The van der Waals surface area contributed by atoms with Gasteiger partial charge in [0.15, 0.2) is 6.61 Å². The van der Waals surface area contributed by atoms with Crippen LogP contribution in [0.4, 0.5) is 0 Å². The summed E-state index contributed by atoms with van der Waals surface area (Å²) in [6, 6.07) is 24.0. The molecule has 3 rings (SSSR count). The van der Waals surface area contributed by atoms with Crippen molar-refractivity contribution in [3.63, 3.8) is 0 Å². The summed E-state index contributed by atoms with van der Waals surface area (Å²) in [6.07, 6.45) is 1.61. The molecule has 1 N–H and O–H groups in total. The van der Waals surface area contributed by atoms with Crippen molar-refractivity contribution in [3.8, 4) is 16.9 Å². The number of hydrogen-bond donors (Lipinski definition) is 1. The second kappa shape index (κ2) is 8.81. The summed E-state index contributed by atoms with van der Waals surface area (Å²) in [4.78, 5) is 11.9. The first kappa shape index (κ1) is 18.4. The molecule has 0 aliphatic rings. The highest BCUT2D eigenvalue weighted by atomic mass is 16.5. The lowest BCUT2D eigenvalue weighted by molar-refractivity contribution is -0.123. The molecular weight excluding hydrogens is 336 g/mol. The van der Waals surface area contributed by atoms with E-state index in [0.29, 0.717) is 5.75 Å². The van der Waals surface area contributed by atoms with Crippen molar-refractivity contribution in [1.82, 2.24) is 5.43 Å². The fourth-order valence-electron chi connectivity index (χ4n) is 2.77. The van der Waals surface area contributed by atoms with Crippen LogP contribution in [0.1, 0.15) is 16.7 Å². The lowest BCUT2D eigenvalue weighted by Crippen LogP contribution is -2.24. The molecular formula is C23H22N2O2. The molecule has 0 bridgehead atoms. The van der Waals surface area contributed by atoms with Crippen molar-refractivity contribution >= 4 is 12.1 Å². The van der Waals surface area contributed by atoms with Crippen LogP contribution >= 0.6 is 0 Å². The Morgan fingerprint density at radius 1 is 0.926 bits per heavy atom. The van der Waals surface area contributed by atoms with Crippen molar-refractivity contribution < 1.29 is 9.53 Å². The highest BCUT2D eigenvalue weighted by Crippen LogP contribution is 2.18. The highest BCUT2D eigenvalue weighted by molar-refractivity contribution is 5.83. The Labute approximate surface area is 159 Å². The first-order chi connectivity index (χ1) is 13.1. The van der Waals surface area contributed by atoms with Gasteiger partial charge in [-0.15, -0.1) is 0 Å². The second-order valence-corrected chi connectivity index (χ2v) is 6.39. The lowest BCUT2D eigenvalue weighted by atomic mass is 10.0. The molecule has 27 heavy (non-hydrogen) atoms. The van der Waals surface area contributed by atoms with E-state index in [1.54, 1.807) is 6.21 Å². The van der Waals surface area contributed by atoms with Crippen LogP contribution in [-0.2, 0) is 4.79 Å². The summed E-state index contributed by atoms with van der Waals surface area (Å²) in [6.45, 7) is 3.91. The highest BCUT2D eigenvalue weighted by Gasteiger charge is 2.02. The maximum Gasteiger partial charge on any atom is 0.277 e. The van der Waals surface area contributed by atoms with Crippen molar-refractivity contribution in [1.29, 1.82) is 0 Å². The van der Waals surface area contributed by atoms with Gasteiger partial charge >= 0.3 is 0 Å². The third-order valence-corrected chi connectivity index (χ3v) is 3.99. The van der Waals surface area contributed by atoms with E-state index in [4.69, 9.17) is 4.74 Å². The van der Waals surface area contributed by atoms with Crippen molar-refractivity contribution in [2.45, 2.75) is 13.8 Å². The van der Waals surface area contributed by atoms with Crippen molar-refractivity contribution in [3.05, 3.63) is 89.5 Å². The van der Waals surface area contributed by atoms with Crippen LogP contribution in [0.25, 0.3) is 11.1 Å². The van der Waals surface area contributed by atoms with E-state index in [9.17, 15) is 4.79 Å². The number of amides is 1. The fourth-order valence-corrected chi connectivity index (χ4v) is 2.77. The van der Waals surface area contributed by atoms with Gasteiger partial charge in [-0.2, -0.15) is 5.10 Å². The summed E-state index contributed by atoms with van der Waals surface area (Å²) in [5, 5.41) is 3.99. The summed E-state index contributed by atoms with van der Waals surface area (Å²) >= 11 is 0. The monoisotopic (exact) mass is 358 g/mol. The molecule has 3 aromatic rings. The third-order valence-electron chi connectivity index (χ3n) is 3.99. The van der Waals surface area contributed by atoms with Gasteiger partial charge in [0.05, 0.1) is 6.21 Å². The van der Waals surface area contributed by atoms with Gasteiger partial charge in [0, 0.05) is 0 Å². The SMILES string of the molecule is Cc1cc(C)cc(OCC(=O)N/N=C/c2ccc(-c3ccccc3)cc2)c1. The zero-order chi connectivity index (χ0) is 19.1. The zero-order valence-electron chi connectivity index (χ0n) is 15.5. The molecule has 0 fully saturated rings. The molecule has 0 unspecified atom stereocenters. The van der Waals surface area contributed by atoms with E-state index in [1.807, 2.05) is 68.4 Å². The Morgan fingerprint density at radius 3 is 2.22 bits per heavy atom. The van der Waals surface area contributed by atoms with E-state index in [0.717, 1.165) is 27.8 Å². The predicted molar refractivity (Wildman–Crippen MR) is 109 cm³/mol. The molecule has 0 aliphatic heterocycles. The second-order valence-electron chi connectivity index (χ2n) is 6.39. The minimum atomic E-state index is -0.300. The maximum atomic E-state index is 11.9. The van der Waals surface area contributed by atoms with Gasteiger partial charge in [-0.3, -0.25) is 4.79 Å². The Morgan fingerprint density at radius 2 is 1.56 bits per heavy atom. The number of carbonyl (C=O) groups excluding carboxylic acids is 1. The van der Waals surface area contributed by atoms with Gasteiger partial charge in [-0.05, 0) is 53.8 Å². The van der Waals surface area contributed by atoms with Crippen LogP contribution in [0, 0.1) is 13.8 Å². The van der Waals surface area contributed by atoms with Crippen LogP contribution in [-0.4, -0.2) is 18.7 Å². The number of carbonyl (C=O) groups is 1. The molecule has 0 heterocycles. The lowest BCUT2D eigenvalue weighted by Gasteiger charge is -2.07. The molecule has 136 valence electrons. The summed E-state index contributed by atoms with van der Waals surface area (Å²) in [5.41, 5.74) is 7.89. The Kier molecular flexibility index (Phi) is 6.00. The molecule has 0 aromatic heterocycles. The smallest absolute Gasteiger partial charge is 0.277 e. The quantitative estimate of drug-likeness (QED) is 0.521. The maximum absolute atomic E-state index is 11.9. The van der Waals surface area contributed by atoms with E-state index in [2.05, 4.69) is 28.7 Å². The first-order valence-electron chi connectivity index (χ1n) is 8.79. The Balaban J connectivity index is 1.50. The van der Waals surface area contributed by atoms with Gasteiger partial charge < -0.3 is 4.74 Å². The number of nitrogens with one attached hydrogen (secondary N) is 1. The van der Waals surface area contributed by atoms with E-state index in [-0.39, 0.29) is 12.5 Å². The molecule has 3 aromatic carbocycles. The summed E-state index contributed by atoms with van der Waals surface area (Å²) in [5.74, 6) is 0.384. The molecule has 0 atom stereocenters. The van der Waals surface area contributed by atoms with Gasteiger partial charge in [0.2, 0.25) is 0 Å². The number of ether oxygens (including phenoxy) is 1.